The van der Waals surface area contributed by atoms with Crippen LogP contribution >= 0.6 is 11.8 Å². The molecule has 0 spiro atoms. The molecule has 1 nitrogen and oxygen atoms in total. The minimum absolute atomic E-state index is 0.173. The smallest absolute Gasteiger partial charge is 0.131 e. The van der Waals surface area contributed by atoms with Crippen LogP contribution in [0.15, 0.2) is 65.6 Å². The molecular weight excluding hydrogens is 281 g/mol. The molecule has 3 rings (SSSR count). The number of fused-ring (bicyclic) bond motifs is 1. The molecule has 0 atom stereocenters. The Morgan fingerprint density at radius 3 is 2.43 bits per heavy atom. The first-order valence-corrected chi connectivity index (χ1v) is 7.84. The lowest BCUT2D eigenvalue weighted by Crippen LogP contribution is -2.02. The number of hydrogen-bond acceptors (Lipinski definition) is 2. The molecule has 0 aliphatic rings. The Bertz CT molecular complexity index is 770. The van der Waals surface area contributed by atoms with Gasteiger partial charge in [-0.1, -0.05) is 48.5 Å². The van der Waals surface area contributed by atoms with E-state index in [1.54, 1.807) is 17.8 Å². The summed E-state index contributed by atoms with van der Waals surface area (Å²) in [5, 5.41) is 2.43. The van der Waals surface area contributed by atoms with Gasteiger partial charge < -0.3 is 5.73 Å². The minimum atomic E-state index is -0.173. The van der Waals surface area contributed by atoms with Crippen LogP contribution in [-0.4, -0.2) is 0 Å². The molecule has 0 unspecified atom stereocenters. The van der Waals surface area contributed by atoms with E-state index in [1.807, 2.05) is 24.3 Å². The predicted molar refractivity (Wildman–Crippen MR) is 87.8 cm³/mol. The lowest BCUT2D eigenvalue weighted by atomic mass is 10.1. The van der Waals surface area contributed by atoms with E-state index < -0.39 is 0 Å². The fraction of sp³-hybridized carbons (Fsp3) is 0.111. The van der Waals surface area contributed by atoms with Crippen molar-refractivity contribution in [1.29, 1.82) is 0 Å². The molecule has 3 aromatic rings. The van der Waals surface area contributed by atoms with Crippen LogP contribution in [-0.2, 0) is 12.3 Å². The van der Waals surface area contributed by atoms with Crippen LogP contribution in [0, 0.1) is 5.82 Å². The van der Waals surface area contributed by atoms with Gasteiger partial charge in [0.25, 0.3) is 0 Å². The monoisotopic (exact) mass is 297 g/mol. The summed E-state index contributed by atoms with van der Waals surface area (Å²) < 4.78 is 14.1. The SMILES string of the molecule is NCc1cccc(CSc2ccc3ccccc3c2)c1F. The van der Waals surface area contributed by atoms with Gasteiger partial charge in [-0.25, -0.2) is 4.39 Å². The highest BCUT2D eigenvalue weighted by atomic mass is 32.2. The second kappa shape index (κ2) is 6.29. The van der Waals surface area contributed by atoms with Crippen LogP contribution < -0.4 is 5.73 Å². The molecular formula is C18H16FNS. The third-order valence-electron chi connectivity index (χ3n) is 3.49. The van der Waals surface area contributed by atoms with Crippen LogP contribution in [0.25, 0.3) is 10.8 Å². The topological polar surface area (TPSA) is 26.0 Å². The summed E-state index contributed by atoms with van der Waals surface area (Å²) in [4.78, 5) is 1.14. The fourth-order valence-electron chi connectivity index (χ4n) is 2.32. The maximum Gasteiger partial charge on any atom is 0.131 e. The molecule has 3 heteroatoms. The Kier molecular flexibility index (Phi) is 4.23. The number of halogens is 1. The van der Waals surface area contributed by atoms with E-state index in [0.29, 0.717) is 16.9 Å². The molecule has 0 radical (unpaired) electrons. The van der Waals surface area contributed by atoms with Gasteiger partial charge in [-0.2, -0.15) is 0 Å². The van der Waals surface area contributed by atoms with E-state index in [1.165, 1.54) is 10.8 Å². The first kappa shape index (κ1) is 14.1. The Morgan fingerprint density at radius 2 is 1.62 bits per heavy atom. The summed E-state index contributed by atoms with van der Waals surface area (Å²) in [5.41, 5.74) is 6.82. The molecule has 2 N–H and O–H groups in total. The third kappa shape index (κ3) is 3.09. The number of hydrogen-bond donors (Lipinski definition) is 1. The molecule has 0 saturated heterocycles. The second-order valence-electron chi connectivity index (χ2n) is 4.89. The summed E-state index contributed by atoms with van der Waals surface area (Å²) in [6.45, 7) is 0.236. The zero-order valence-corrected chi connectivity index (χ0v) is 12.4. The van der Waals surface area contributed by atoms with Gasteiger partial charge in [0.2, 0.25) is 0 Å². The van der Waals surface area contributed by atoms with Gasteiger partial charge in [-0.3, -0.25) is 0 Å². The average Bonchev–Trinajstić information content (AvgIpc) is 2.54. The standard InChI is InChI=1S/C18H16FNS/c19-18-15(11-20)6-3-7-16(18)12-21-17-9-8-13-4-1-2-5-14(13)10-17/h1-10H,11-12,20H2. The molecule has 0 aromatic heterocycles. The fourth-order valence-corrected chi connectivity index (χ4v) is 3.24. The average molecular weight is 297 g/mol. The molecule has 106 valence electrons. The molecule has 0 aliphatic heterocycles. The highest BCUT2D eigenvalue weighted by Gasteiger charge is 2.07. The van der Waals surface area contributed by atoms with Gasteiger partial charge in [0, 0.05) is 22.8 Å². The van der Waals surface area contributed by atoms with E-state index in [-0.39, 0.29) is 12.4 Å². The van der Waals surface area contributed by atoms with Crippen molar-refractivity contribution in [2.75, 3.05) is 0 Å². The second-order valence-corrected chi connectivity index (χ2v) is 5.94. The van der Waals surface area contributed by atoms with Gasteiger partial charge in [0.1, 0.15) is 5.82 Å². The summed E-state index contributed by atoms with van der Waals surface area (Å²) in [5.74, 6) is 0.436. The highest BCUT2D eigenvalue weighted by molar-refractivity contribution is 7.98. The van der Waals surface area contributed by atoms with E-state index in [9.17, 15) is 4.39 Å². The molecule has 0 aliphatic carbocycles. The zero-order valence-electron chi connectivity index (χ0n) is 11.6. The molecule has 3 aromatic carbocycles. The third-order valence-corrected chi connectivity index (χ3v) is 4.54. The Hall–Kier alpha value is -1.84. The maximum atomic E-state index is 14.1. The van der Waals surface area contributed by atoms with Crippen LogP contribution in [0.2, 0.25) is 0 Å². The summed E-state index contributed by atoms with van der Waals surface area (Å²) in [6, 6.07) is 20.0. The Balaban J connectivity index is 1.80. The summed E-state index contributed by atoms with van der Waals surface area (Å²) >= 11 is 1.64. The number of rotatable bonds is 4. The molecule has 0 amide bonds. The van der Waals surface area contributed by atoms with Crippen molar-refractivity contribution in [3.8, 4) is 0 Å². The van der Waals surface area contributed by atoms with Gasteiger partial charge in [-0.15, -0.1) is 11.8 Å². The highest BCUT2D eigenvalue weighted by Crippen LogP contribution is 2.27. The number of benzene rings is 3. The molecule has 0 bridgehead atoms. The van der Waals surface area contributed by atoms with Gasteiger partial charge >= 0.3 is 0 Å². The predicted octanol–water partition coefficient (Wildman–Crippen LogP) is 4.73. The normalized spacial score (nSPS) is 11.0. The minimum Gasteiger partial charge on any atom is -0.326 e. The summed E-state index contributed by atoms with van der Waals surface area (Å²) in [7, 11) is 0. The van der Waals surface area contributed by atoms with Crippen LogP contribution in [0.3, 0.4) is 0 Å². The molecule has 0 fully saturated rings. The van der Waals surface area contributed by atoms with E-state index >= 15 is 0 Å². The number of thioether (sulfide) groups is 1. The van der Waals surface area contributed by atoms with Crippen LogP contribution in [0.4, 0.5) is 4.39 Å². The maximum absolute atomic E-state index is 14.1. The lowest BCUT2D eigenvalue weighted by Gasteiger charge is -2.07. The van der Waals surface area contributed by atoms with Gasteiger partial charge in [0.05, 0.1) is 0 Å². The van der Waals surface area contributed by atoms with Crippen molar-refractivity contribution >= 4 is 22.5 Å². The van der Waals surface area contributed by atoms with Crippen molar-refractivity contribution in [2.24, 2.45) is 5.73 Å². The summed E-state index contributed by atoms with van der Waals surface area (Å²) in [6.07, 6.45) is 0. The van der Waals surface area contributed by atoms with Crippen molar-refractivity contribution in [3.63, 3.8) is 0 Å². The van der Waals surface area contributed by atoms with Crippen molar-refractivity contribution < 1.29 is 4.39 Å². The quantitative estimate of drug-likeness (QED) is 0.705. The van der Waals surface area contributed by atoms with Gasteiger partial charge in [0.15, 0.2) is 0 Å². The van der Waals surface area contributed by atoms with E-state index in [0.717, 1.165) is 4.90 Å². The van der Waals surface area contributed by atoms with Gasteiger partial charge in [-0.05, 0) is 28.5 Å². The van der Waals surface area contributed by atoms with Crippen LogP contribution in [0.5, 0.6) is 0 Å². The van der Waals surface area contributed by atoms with Crippen LogP contribution in [0.1, 0.15) is 11.1 Å². The first-order valence-electron chi connectivity index (χ1n) is 6.86. The number of nitrogens with two attached hydrogens (primary N) is 1. The molecule has 21 heavy (non-hydrogen) atoms. The lowest BCUT2D eigenvalue weighted by molar-refractivity contribution is 0.600. The largest absolute Gasteiger partial charge is 0.326 e. The molecule has 0 heterocycles. The van der Waals surface area contributed by atoms with Crippen molar-refractivity contribution in [3.05, 3.63) is 77.6 Å². The molecule has 0 saturated carbocycles. The van der Waals surface area contributed by atoms with Crippen molar-refractivity contribution in [2.45, 2.75) is 17.2 Å². The van der Waals surface area contributed by atoms with E-state index in [2.05, 4.69) is 30.3 Å². The van der Waals surface area contributed by atoms with E-state index in [4.69, 9.17) is 5.73 Å². The zero-order chi connectivity index (χ0) is 14.7. The Morgan fingerprint density at radius 1 is 0.857 bits per heavy atom. The first-order chi connectivity index (χ1) is 10.3. The van der Waals surface area contributed by atoms with Crippen molar-refractivity contribution in [1.82, 2.24) is 0 Å². The Labute approximate surface area is 128 Å².